The van der Waals surface area contributed by atoms with Gasteiger partial charge in [0.25, 0.3) is 5.56 Å². The summed E-state index contributed by atoms with van der Waals surface area (Å²) in [5.41, 5.74) is 5.43. The van der Waals surface area contributed by atoms with Crippen LogP contribution in [0.1, 0.15) is 47.5 Å². The molecule has 3 aromatic heterocycles. The van der Waals surface area contributed by atoms with Gasteiger partial charge in [-0.15, -0.1) is 0 Å². The molecule has 1 aromatic carbocycles. The number of halogens is 1. The number of nitriles is 1. The summed E-state index contributed by atoms with van der Waals surface area (Å²) in [6.45, 7) is 9.69. The van der Waals surface area contributed by atoms with E-state index in [1.165, 1.54) is 16.8 Å². The maximum absolute atomic E-state index is 15.2. The molecule has 39 heavy (non-hydrogen) atoms. The van der Waals surface area contributed by atoms with E-state index in [-0.39, 0.29) is 18.7 Å². The number of rotatable bonds is 9. The first kappa shape index (κ1) is 27.3. The molecule has 198 valence electrons. The highest BCUT2D eigenvalue weighted by molar-refractivity contribution is 5.95. The molecule has 0 spiro atoms. The van der Waals surface area contributed by atoms with Crippen molar-refractivity contribution in [2.24, 2.45) is 0 Å². The predicted octanol–water partition coefficient (Wildman–Crippen LogP) is 5.44. The average molecular weight is 524 g/mol. The maximum atomic E-state index is 15.2. The summed E-state index contributed by atoms with van der Waals surface area (Å²) in [5, 5.41) is 13.4. The maximum Gasteiger partial charge on any atom is 0.268 e. The fourth-order valence-corrected chi connectivity index (χ4v) is 4.64. The lowest BCUT2D eigenvalue weighted by Gasteiger charge is -2.18. The molecule has 0 amide bonds. The lowest BCUT2D eigenvalue weighted by molar-refractivity contribution is 0.300. The van der Waals surface area contributed by atoms with Gasteiger partial charge < -0.3 is 14.6 Å². The number of fused-ring (bicyclic) bond motifs is 1. The number of aryl methyl sites for hydroxylation is 2. The third kappa shape index (κ3) is 5.43. The van der Waals surface area contributed by atoms with Gasteiger partial charge in [-0.1, -0.05) is 31.7 Å². The van der Waals surface area contributed by atoms with Crippen LogP contribution < -0.4 is 15.6 Å². The third-order valence-electron chi connectivity index (χ3n) is 6.66. The lowest BCUT2D eigenvalue weighted by Crippen LogP contribution is -2.24. The molecule has 0 bridgehead atoms. The zero-order valence-electron chi connectivity index (χ0n) is 22.5. The van der Waals surface area contributed by atoms with Crippen molar-refractivity contribution in [3.8, 4) is 11.8 Å². The van der Waals surface area contributed by atoms with E-state index in [0.29, 0.717) is 34.5 Å². The van der Waals surface area contributed by atoms with Crippen LogP contribution in [0.2, 0.25) is 0 Å². The summed E-state index contributed by atoms with van der Waals surface area (Å²) in [7, 11) is 1.86. The largest absolute Gasteiger partial charge is 0.486 e. The second-order valence-electron chi connectivity index (χ2n) is 9.09. The highest BCUT2D eigenvalue weighted by Crippen LogP contribution is 2.32. The molecule has 7 nitrogen and oxygen atoms in total. The highest BCUT2D eigenvalue weighted by Gasteiger charge is 2.18. The summed E-state index contributed by atoms with van der Waals surface area (Å²) in [5.74, 6) is -0.0215. The summed E-state index contributed by atoms with van der Waals surface area (Å²) < 4.78 is 22.8. The number of aromatic nitrogens is 3. The van der Waals surface area contributed by atoms with Crippen molar-refractivity contribution in [2.75, 3.05) is 7.05 Å². The molecule has 8 heteroatoms. The molecule has 0 aliphatic heterocycles. The second-order valence-corrected chi connectivity index (χ2v) is 9.09. The fraction of sp³-hybridized carbons (Fsp3) is 0.226. The molecule has 0 atom stereocenters. The number of hydrogen-bond acceptors (Lipinski definition) is 6. The minimum Gasteiger partial charge on any atom is -0.486 e. The molecular weight excluding hydrogens is 493 g/mol. The molecule has 0 aliphatic rings. The quantitative estimate of drug-likeness (QED) is 0.294. The zero-order valence-corrected chi connectivity index (χ0v) is 22.5. The van der Waals surface area contributed by atoms with Gasteiger partial charge in [0, 0.05) is 52.4 Å². The molecule has 0 saturated carbocycles. The van der Waals surface area contributed by atoms with E-state index in [4.69, 9.17) is 9.72 Å². The molecular formula is C31H30FN5O2. The monoisotopic (exact) mass is 523 g/mol. The number of hydrogen-bond donors (Lipinski definition) is 1. The molecule has 0 radical (unpaired) electrons. The van der Waals surface area contributed by atoms with Gasteiger partial charge in [0.1, 0.15) is 35.3 Å². The van der Waals surface area contributed by atoms with Crippen LogP contribution in [0.3, 0.4) is 0 Å². The molecule has 1 N–H and O–H groups in total. The van der Waals surface area contributed by atoms with Gasteiger partial charge in [-0.25, -0.2) is 9.37 Å². The van der Waals surface area contributed by atoms with Crippen molar-refractivity contribution in [1.29, 1.82) is 5.26 Å². The molecule has 0 aliphatic carbocycles. The SMILES string of the molecule is C=C/C(C)=C(\NC)c1cc(C)nc2c(OCc3c(F)cnc(CC)c3Cn3cccc(C#N)c3=O)cccc12. The number of para-hydroxylation sites is 1. The Kier molecular flexibility index (Phi) is 8.21. The number of pyridine rings is 3. The van der Waals surface area contributed by atoms with Crippen LogP contribution >= 0.6 is 0 Å². The number of nitrogens with one attached hydrogen (secondary N) is 1. The van der Waals surface area contributed by atoms with Gasteiger partial charge in [0.2, 0.25) is 0 Å². The third-order valence-corrected chi connectivity index (χ3v) is 6.66. The Bertz CT molecular complexity index is 1700. The van der Waals surface area contributed by atoms with Crippen LogP contribution in [0, 0.1) is 24.1 Å². The molecule has 4 aromatic rings. The van der Waals surface area contributed by atoms with E-state index in [9.17, 15) is 10.1 Å². The van der Waals surface area contributed by atoms with Crippen LogP contribution in [-0.4, -0.2) is 21.6 Å². The first-order chi connectivity index (χ1) is 18.8. The van der Waals surface area contributed by atoms with E-state index >= 15 is 4.39 Å². The molecule has 0 unspecified atom stereocenters. The van der Waals surface area contributed by atoms with Gasteiger partial charge in [0.05, 0.1) is 12.7 Å². The van der Waals surface area contributed by atoms with E-state index in [0.717, 1.165) is 27.9 Å². The van der Waals surface area contributed by atoms with Crippen molar-refractivity contribution in [3.05, 3.63) is 117 Å². The number of allylic oxidation sites excluding steroid dienone is 2. The summed E-state index contributed by atoms with van der Waals surface area (Å²) in [4.78, 5) is 21.7. The van der Waals surface area contributed by atoms with Crippen LogP contribution in [0.15, 0.2) is 71.8 Å². The van der Waals surface area contributed by atoms with Gasteiger partial charge >= 0.3 is 0 Å². The Labute approximate surface area is 226 Å². The number of benzene rings is 1. The average Bonchev–Trinajstić information content (AvgIpc) is 2.94. The normalized spacial score (nSPS) is 11.6. The molecule has 0 fully saturated rings. The summed E-state index contributed by atoms with van der Waals surface area (Å²) in [6, 6.07) is 12.7. The standard InChI is InChI=1S/C31H30FN5O2/c1-6-19(3)29(34-5)23-14-20(4)36-30-22(23)11-8-12-28(30)39-18-25-24(27(7-2)35-16-26(25)32)17-37-13-9-10-21(15-33)31(37)38/h6,8-14,16,34H,1,7,17-18H2,2-5H3/b29-19-. The number of ether oxygens (including phenoxy) is 1. The highest BCUT2D eigenvalue weighted by atomic mass is 19.1. The first-order valence-corrected chi connectivity index (χ1v) is 12.6. The van der Waals surface area contributed by atoms with Gasteiger partial charge in [-0.05, 0) is 50.1 Å². The Morgan fingerprint density at radius 1 is 1.28 bits per heavy atom. The minimum atomic E-state index is -0.529. The Balaban J connectivity index is 1.79. The molecule has 3 heterocycles. The summed E-state index contributed by atoms with van der Waals surface area (Å²) in [6.07, 6.45) is 5.09. The van der Waals surface area contributed by atoms with Crippen molar-refractivity contribution in [3.63, 3.8) is 0 Å². The van der Waals surface area contributed by atoms with E-state index in [2.05, 4.69) is 16.9 Å². The van der Waals surface area contributed by atoms with Crippen LogP contribution in [0.25, 0.3) is 16.6 Å². The van der Waals surface area contributed by atoms with Gasteiger partial charge in [-0.2, -0.15) is 5.26 Å². The van der Waals surface area contributed by atoms with E-state index in [1.54, 1.807) is 18.3 Å². The minimum absolute atomic E-state index is 0.0207. The molecule has 0 saturated heterocycles. The fourth-order valence-electron chi connectivity index (χ4n) is 4.64. The molecule has 4 rings (SSSR count). The smallest absolute Gasteiger partial charge is 0.268 e. The van der Waals surface area contributed by atoms with Crippen molar-refractivity contribution >= 4 is 16.6 Å². The summed E-state index contributed by atoms with van der Waals surface area (Å²) >= 11 is 0. The van der Waals surface area contributed by atoms with Crippen LogP contribution in [0.5, 0.6) is 5.75 Å². The number of nitrogens with zero attached hydrogens (tertiary/aromatic N) is 4. The second kappa shape index (κ2) is 11.7. The van der Waals surface area contributed by atoms with Crippen LogP contribution in [-0.2, 0) is 19.6 Å². The Morgan fingerprint density at radius 3 is 2.77 bits per heavy atom. The Hall–Kier alpha value is -4.77. The van der Waals surface area contributed by atoms with Crippen molar-refractivity contribution in [2.45, 2.75) is 40.3 Å². The van der Waals surface area contributed by atoms with Crippen LogP contribution in [0.4, 0.5) is 4.39 Å². The predicted molar refractivity (Wildman–Crippen MR) is 151 cm³/mol. The van der Waals surface area contributed by atoms with E-state index < -0.39 is 11.4 Å². The zero-order chi connectivity index (χ0) is 28.1. The topological polar surface area (TPSA) is 92.8 Å². The van der Waals surface area contributed by atoms with Crippen molar-refractivity contribution in [1.82, 2.24) is 19.9 Å². The van der Waals surface area contributed by atoms with Gasteiger partial charge in [0.15, 0.2) is 0 Å². The first-order valence-electron chi connectivity index (χ1n) is 12.6. The Morgan fingerprint density at radius 2 is 2.08 bits per heavy atom. The van der Waals surface area contributed by atoms with Crippen molar-refractivity contribution < 1.29 is 9.13 Å². The van der Waals surface area contributed by atoms with Gasteiger partial charge in [-0.3, -0.25) is 9.78 Å². The lowest BCUT2D eigenvalue weighted by atomic mass is 10.0. The van der Waals surface area contributed by atoms with E-state index in [1.807, 2.05) is 58.2 Å².